The summed E-state index contributed by atoms with van der Waals surface area (Å²) in [5, 5.41) is 2.16. The molecule has 0 unspecified atom stereocenters. The Morgan fingerprint density at radius 2 is 0.660 bits per heavy atom. The average molecular weight is 645 g/mol. The minimum absolute atomic E-state index is 0.120. The minimum Gasteiger partial charge on any atom is -0.309 e. The molecule has 0 saturated heterocycles. The summed E-state index contributed by atoms with van der Waals surface area (Å²) in [5.74, 6) is 0. The molecule has 234 valence electrons. The first-order valence-electron chi connectivity index (χ1n) is 20.5. The monoisotopic (exact) mass is 644 g/mol. The molecule has 0 N–H and O–H groups in total. The van der Waals surface area contributed by atoms with Crippen molar-refractivity contribution in [3.05, 3.63) is 194 Å². The van der Waals surface area contributed by atoms with E-state index in [9.17, 15) is 0 Å². The zero-order chi connectivity index (χ0) is 40.0. The maximum Gasteiger partial charge on any atom is 0.0645 e. The predicted octanol–water partition coefficient (Wildman–Crippen LogP) is 12.9. The second-order valence-electron chi connectivity index (χ2n) is 12.4. The molecule has 0 atom stereocenters. The van der Waals surface area contributed by atoms with Crippen LogP contribution in [0.4, 0.5) is 0 Å². The van der Waals surface area contributed by atoms with E-state index in [1.165, 1.54) is 0 Å². The fourth-order valence-corrected chi connectivity index (χ4v) is 7.20. The molecule has 0 bridgehead atoms. The second kappa shape index (κ2) is 11.5. The van der Waals surface area contributed by atoms with Gasteiger partial charge in [-0.15, -0.1) is 0 Å². The third-order valence-electron chi connectivity index (χ3n) is 9.59. The fourth-order valence-electron chi connectivity index (χ4n) is 7.20. The summed E-state index contributed by atoms with van der Waals surface area (Å²) in [5.41, 5.74) is 9.52. The molecule has 8 aromatic carbocycles. The summed E-state index contributed by atoms with van der Waals surface area (Å²) in [4.78, 5) is 0. The smallest absolute Gasteiger partial charge is 0.0645 e. The highest BCUT2D eigenvalue weighted by molar-refractivity contribution is 6.12. The molecular formula is C48H32N2. The summed E-state index contributed by atoms with van der Waals surface area (Å²) < 4.78 is 74.3. The van der Waals surface area contributed by atoms with E-state index in [4.69, 9.17) is 11.0 Å². The highest BCUT2D eigenvalue weighted by atomic mass is 15.0. The van der Waals surface area contributed by atoms with Crippen LogP contribution >= 0.6 is 0 Å². The zero-order valence-electron chi connectivity index (χ0n) is 34.8. The quantitative estimate of drug-likeness (QED) is 0.176. The Bertz CT molecular complexity index is 3060. The van der Waals surface area contributed by atoms with Gasteiger partial charge in [0.2, 0.25) is 0 Å². The number of benzene rings is 8. The lowest BCUT2D eigenvalue weighted by atomic mass is 10.0. The topological polar surface area (TPSA) is 9.86 Å². The van der Waals surface area contributed by atoms with Crippen LogP contribution in [0.3, 0.4) is 0 Å². The molecule has 0 radical (unpaired) electrons. The number of hydrogen-bond donors (Lipinski definition) is 0. The molecule has 2 heterocycles. The summed E-state index contributed by atoms with van der Waals surface area (Å²) in [6, 6.07) is 46.0. The van der Waals surface area contributed by atoms with E-state index in [2.05, 4.69) is 0 Å². The van der Waals surface area contributed by atoms with Crippen molar-refractivity contribution in [2.75, 3.05) is 0 Å². The Morgan fingerprint density at radius 1 is 0.300 bits per heavy atom. The van der Waals surface area contributed by atoms with Crippen molar-refractivity contribution in [2.45, 2.75) is 0 Å². The lowest BCUT2D eigenvalue weighted by Crippen LogP contribution is -1.94. The van der Waals surface area contributed by atoms with Gasteiger partial charge in [-0.25, -0.2) is 0 Å². The van der Waals surface area contributed by atoms with Gasteiger partial charge < -0.3 is 9.13 Å². The van der Waals surface area contributed by atoms with Gasteiger partial charge >= 0.3 is 0 Å². The van der Waals surface area contributed by atoms with Crippen LogP contribution in [0.15, 0.2) is 194 Å². The van der Waals surface area contributed by atoms with Crippen LogP contribution in [0, 0.1) is 0 Å². The van der Waals surface area contributed by atoms with Gasteiger partial charge in [0.15, 0.2) is 0 Å². The lowest BCUT2D eigenvalue weighted by Gasteiger charge is -2.11. The van der Waals surface area contributed by atoms with E-state index in [0.29, 0.717) is 32.6 Å². The van der Waals surface area contributed by atoms with E-state index in [-0.39, 0.29) is 48.3 Å². The molecule has 2 heteroatoms. The lowest BCUT2D eigenvalue weighted by molar-refractivity contribution is 1.18. The fraction of sp³-hybridized carbons (Fsp3) is 0. The summed E-state index contributed by atoms with van der Waals surface area (Å²) >= 11 is 0. The van der Waals surface area contributed by atoms with Crippen LogP contribution in [0.25, 0.3) is 88.4 Å². The van der Waals surface area contributed by atoms with Gasteiger partial charge in [0.25, 0.3) is 0 Å². The number of fused-ring (bicyclic) bond motifs is 6. The molecule has 50 heavy (non-hydrogen) atoms. The molecule has 0 aliphatic rings. The van der Waals surface area contributed by atoms with Crippen molar-refractivity contribution in [3.8, 4) is 44.8 Å². The molecule has 0 aliphatic heterocycles. The Balaban J connectivity index is 1.18. The van der Waals surface area contributed by atoms with E-state index >= 15 is 0 Å². The number of hydrogen-bond acceptors (Lipinski definition) is 0. The first-order valence-corrected chi connectivity index (χ1v) is 16.5. The highest BCUT2D eigenvalue weighted by Gasteiger charge is 2.16. The van der Waals surface area contributed by atoms with Crippen LogP contribution in [-0.4, -0.2) is 9.13 Å². The first-order chi connectivity index (χ1) is 28.1. The van der Waals surface area contributed by atoms with Crippen LogP contribution in [0.1, 0.15) is 11.0 Å². The molecule has 0 aliphatic carbocycles. The molecule has 0 amide bonds. The molecular weight excluding hydrogens is 605 g/mol. The maximum absolute atomic E-state index is 9.05. The van der Waals surface area contributed by atoms with Crippen molar-refractivity contribution in [3.63, 3.8) is 0 Å². The molecule has 0 saturated carbocycles. The van der Waals surface area contributed by atoms with Gasteiger partial charge in [0, 0.05) is 32.9 Å². The Morgan fingerprint density at radius 3 is 1.08 bits per heavy atom. The minimum atomic E-state index is -0.304. The maximum atomic E-state index is 9.05. The highest BCUT2D eigenvalue weighted by Crippen LogP contribution is 2.38. The third kappa shape index (κ3) is 4.57. The van der Waals surface area contributed by atoms with Gasteiger partial charge in [0.05, 0.1) is 33.0 Å². The Labute approximate surface area is 302 Å². The van der Waals surface area contributed by atoms with Crippen molar-refractivity contribution in [2.24, 2.45) is 0 Å². The number of rotatable bonds is 5. The Hall–Kier alpha value is -6.64. The van der Waals surface area contributed by atoms with Crippen LogP contribution in [0.2, 0.25) is 0 Å². The number of nitrogens with zero attached hydrogens (tertiary/aromatic N) is 2. The molecule has 0 spiro atoms. The van der Waals surface area contributed by atoms with Gasteiger partial charge in [-0.3, -0.25) is 0 Å². The van der Waals surface area contributed by atoms with Crippen LogP contribution in [-0.2, 0) is 0 Å². The number of para-hydroxylation sites is 2. The van der Waals surface area contributed by atoms with Crippen molar-refractivity contribution in [1.29, 1.82) is 0 Å². The van der Waals surface area contributed by atoms with Gasteiger partial charge in [-0.1, -0.05) is 133 Å². The third-order valence-corrected chi connectivity index (χ3v) is 9.59. The van der Waals surface area contributed by atoms with Gasteiger partial charge in [-0.05, 0) is 94.0 Å². The van der Waals surface area contributed by atoms with E-state index < -0.39 is 0 Å². The molecule has 10 rings (SSSR count). The standard InChI is InChI=1S/C48H32N2/c1-3-11-33(12-4-1)35-19-25-39(26-20-35)49-45-17-9-7-15-41(45)43-31-37(23-29-47(43)49)38-24-30-48-44(32-38)42-16-8-10-18-46(42)50(48)40-27-21-36(22-28-40)34-13-5-2-6-14-34/h1-32H/i7D,8D,9D,10D,15D,16D,17D,18D. The first kappa shape index (κ1) is 21.4. The molecule has 2 nitrogen and oxygen atoms in total. The summed E-state index contributed by atoms with van der Waals surface area (Å²) in [6.45, 7) is 0. The normalized spacial score (nSPS) is 13.8. The summed E-state index contributed by atoms with van der Waals surface area (Å²) in [7, 11) is 0. The zero-order valence-corrected chi connectivity index (χ0v) is 26.8. The van der Waals surface area contributed by atoms with Crippen LogP contribution in [0.5, 0.6) is 0 Å². The predicted molar refractivity (Wildman–Crippen MR) is 211 cm³/mol. The SMILES string of the molecule is [2H]c1c([2H])c([2H])c2c(c1[2H])c1cc(-c3ccc4c(c3)c3c([2H])c([2H])c([2H])c([2H])c3n4-c3ccc(-c4ccccc4)cc3)ccc1n2-c1ccc(-c2ccccc2)cc1. The summed E-state index contributed by atoms with van der Waals surface area (Å²) in [6.07, 6.45) is 0. The van der Waals surface area contributed by atoms with Gasteiger partial charge in [-0.2, -0.15) is 0 Å². The van der Waals surface area contributed by atoms with E-state index in [0.717, 1.165) is 55.8 Å². The van der Waals surface area contributed by atoms with Crippen molar-refractivity contribution < 1.29 is 11.0 Å². The molecule has 10 aromatic rings. The van der Waals surface area contributed by atoms with E-state index in [1.807, 2.05) is 155 Å². The van der Waals surface area contributed by atoms with Crippen molar-refractivity contribution >= 4 is 43.6 Å². The number of aromatic nitrogens is 2. The van der Waals surface area contributed by atoms with Gasteiger partial charge in [0.1, 0.15) is 0 Å². The van der Waals surface area contributed by atoms with Crippen LogP contribution < -0.4 is 0 Å². The van der Waals surface area contributed by atoms with E-state index in [1.54, 1.807) is 0 Å². The second-order valence-corrected chi connectivity index (χ2v) is 12.4. The largest absolute Gasteiger partial charge is 0.309 e. The Kier molecular flexibility index (Phi) is 4.91. The molecule has 2 aromatic heterocycles. The van der Waals surface area contributed by atoms with Crippen molar-refractivity contribution in [1.82, 2.24) is 9.13 Å². The average Bonchev–Trinajstić information content (AvgIpc) is 3.80. The molecule has 0 fully saturated rings.